The van der Waals surface area contributed by atoms with Crippen molar-refractivity contribution < 1.29 is 14.7 Å². The molecule has 2 unspecified atom stereocenters. The number of aliphatic carboxylic acids is 1. The summed E-state index contributed by atoms with van der Waals surface area (Å²) in [6, 6.07) is 0. The minimum Gasteiger partial charge on any atom is -0.481 e. The van der Waals surface area contributed by atoms with E-state index in [9.17, 15) is 9.59 Å². The molecule has 1 aliphatic rings. The van der Waals surface area contributed by atoms with Gasteiger partial charge in [0.05, 0.1) is 11.6 Å². The maximum Gasteiger partial charge on any atom is 0.308 e. The third-order valence-corrected chi connectivity index (χ3v) is 4.14. The molecule has 1 amide bonds. The third-order valence-electron chi connectivity index (χ3n) is 3.38. The van der Waals surface area contributed by atoms with Gasteiger partial charge in [-0.25, -0.2) is 0 Å². The number of carbonyl (C=O) groups excluding carboxylic acids is 1. The van der Waals surface area contributed by atoms with Crippen molar-refractivity contribution in [2.45, 2.75) is 26.7 Å². The van der Waals surface area contributed by atoms with Crippen LogP contribution in [0.2, 0.25) is 0 Å². The molecule has 0 aromatic carbocycles. The van der Waals surface area contributed by atoms with Gasteiger partial charge in [-0.05, 0) is 30.3 Å². The summed E-state index contributed by atoms with van der Waals surface area (Å²) in [5.74, 6) is -1.24. The van der Waals surface area contributed by atoms with E-state index in [4.69, 9.17) is 5.11 Å². The zero-order valence-corrected chi connectivity index (χ0v) is 11.8. The second-order valence-corrected chi connectivity index (χ2v) is 5.74. The van der Waals surface area contributed by atoms with Gasteiger partial charge in [0.25, 0.3) is 5.91 Å². The first-order valence-electron chi connectivity index (χ1n) is 6.36. The van der Waals surface area contributed by atoms with E-state index in [1.807, 2.05) is 13.8 Å². The van der Waals surface area contributed by atoms with Crippen LogP contribution >= 0.6 is 11.5 Å². The predicted octanol–water partition coefficient (Wildman–Crippen LogP) is 1.28. The molecule has 1 aliphatic heterocycles. The van der Waals surface area contributed by atoms with Crippen LogP contribution in [0.3, 0.4) is 0 Å². The Bertz CT molecular complexity index is 488. The molecule has 2 heterocycles. The van der Waals surface area contributed by atoms with Gasteiger partial charge in [0.15, 0.2) is 0 Å². The highest BCUT2D eigenvalue weighted by Gasteiger charge is 2.33. The lowest BCUT2D eigenvalue weighted by molar-refractivity contribution is -0.143. The fraction of sp³-hybridized carbons (Fsp3) is 0.667. The molecule has 6 nitrogen and oxygen atoms in total. The van der Waals surface area contributed by atoms with Crippen LogP contribution in [0.1, 0.15) is 35.6 Å². The van der Waals surface area contributed by atoms with E-state index < -0.39 is 11.9 Å². The van der Waals surface area contributed by atoms with Crippen LogP contribution in [0.15, 0.2) is 0 Å². The average molecular weight is 283 g/mol. The molecule has 1 N–H and O–H groups in total. The van der Waals surface area contributed by atoms with E-state index in [-0.39, 0.29) is 18.4 Å². The highest BCUT2D eigenvalue weighted by Crippen LogP contribution is 2.24. The van der Waals surface area contributed by atoms with Crippen LogP contribution in [-0.2, 0) is 11.2 Å². The summed E-state index contributed by atoms with van der Waals surface area (Å²) in [6.45, 7) is 4.77. The summed E-state index contributed by atoms with van der Waals surface area (Å²) in [6.07, 6.45) is 1.28. The maximum absolute atomic E-state index is 12.4. The molecule has 1 aromatic heterocycles. The molecule has 0 aliphatic carbocycles. The third kappa shape index (κ3) is 2.91. The Morgan fingerprint density at radius 1 is 1.47 bits per heavy atom. The van der Waals surface area contributed by atoms with E-state index in [1.54, 1.807) is 4.90 Å². The molecule has 7 heteroatoms. The average Bonchev–Trinajstić information content (AvgIpc) is 2.85. The lowest BCUT2D eigenvalue weighted by atomic mass is 9.90. The number of carboxylic acid groups (broad SMARTS) is 1. The normalized spacial score (nSPS) is 23.4. The largest absolute Gasteiger partial charge is 0.481 e. The topological polar surface area (TPSA) is 83.4 Å². The number of rotatable bonds is 3. The molecular weight excluding hydrogens is 266 g/mol. The van der Waals surface area contributed by atoms with E-state index in [2.05, 4.69) is 9.59 Å². The Kier molecular flexibility index (Phi) is 4.14. The van der Waals surface area contributed by atoms with Crippen molar-refractivity contribution in [2.75, 3.05) is 13.1 Å². The molecule has 19 heavy (non-hydrogen) atoms. The minimum absolute atomic E-state index is 0.135. The van der Waals surface area contributed by atoms with Crippen molar-refractivity contribution >= 4 is 23.4 Å². The molecule has 0 saturated carbocycles. The van der Waals surface area contributed by atoms with Gasteiger partial charge < -0.3 is 10.0 Å². The van der Waals surface area contributed by atoms with Crippen LogP contribution in [0.5, 0.6) is 0 Å². The highest BCUT2D eigenvalue weighted by molar-refractivity contribution is 7.08. The quantitative estimate of drug-likeness (QED) is 0.903. The Hall–Kier alpha value is -1.50. The van der Waals surface area contributed by atoms with Gasteiger partial charge in [0.1, 0.15) is 4.88 Å². The summed E-state index contributed by atoms with van der Waals surface area (Å²) >= 11 is 1.09. The zero-order valence-electron chi connectivity index (χ0n) is 11.0. The van der Waals surface area contributed by atoms with Gasteiger partial charge in [0.2, 0.25) is 0 Å². The second-order valence-electron chi connectivity index (χ2n) is 4.99. The molecule has 1 fully saturated rings. The molecule has 1 saturated heterocycles. The van der Waals surface area contributed by atoms with E-state index in [0.717, 1.165) is 11.5 Å². The molecule has 0 radical (unpaired) electrons. The number of amides is 1. The number of aromatic nitrogens is 2. The highest BCUT2D eigenvalue weighted by atomic mass is 32.1. The van der Waals surface area contributed by atoms with Crippen LogP contribution in [0.4, 0.5) is 0 Å². The standard InChI is InChI=1S/C12H17N3O3S/c1-3-9-10(19-14-13-9)11(16)15-5-7(2)4-8(6-15)12(17)18/h7-8H,3-6H2,1-2H3,(H,17,18). The predicted molar refractivity (Wildman–Crippen MR) is 70.1 cm³/mol. The van der Waals surface area contributed by atoms with Crippen molar-refractivity contribution in [2.24, 2.45) is 11.8 Å². The number of aryl methyl sites for hydroxylation is 1. The van der Waals surface area contributed by atoms with Crippen LogP contribution in [0, 0.1) is 11.8 Å². The van der Waals surface area contributed by atoms with Crippen molar-refractivity contribution in [3.05, 3.63) is 10.6 Å². The van der Waals surface area contributed by atoms with Gasteiger partial charge in [-0.1, -0.05) is 18.3 Å². The van der Waals surface area contributed by atoms with Gasteiger partial charge in [-0.3, -0.25) is 9.59 Å². The van der Waals surface area contributed by atoms with Crippen molar-refractivity contribution in [1.82, 2.24) is 14.5 Å². The Balaban J connectivity index is 2.16. The number of carboxylic acids is 1. The zero-order chi connectivity index (χ0) is 14.0. The fourth-order valence-corrected chi connectivity index (χ4v) is 3.16. The summed E-state index contributed by atoms with van der Waals surface area (Å²) in [5.41, 5.74) is 0.695. The van der Waals surface area contributed by atoms with Crippen molar-refractivity contribution in [3.8, 4) is 0 Å². The summed E-state index contributed by atoms with van der Waals surface area (Å²) in [4.78, 5) is 25.7. The molecule has 2 atom stereocenters. The van der Waals surface area contributed by atoms with Gasteiger partial charge in [-0.2, -0.15) is 0 Å². The fourth-order valence-electron chi connectivity index (χ4n) is 2.44. The maximum atomic E-state index is 12.4. The van der Waals surface area contributed by atoms with E-state index >= 15 is 0 Å². The van der Waals surface area contributed by atoms with Gasteiger partial charge >= 0.3 is 5.97 Å². The van der Waals surface area contributed by atoms with Crippen LogP contribution in [0.25, 0.3) is 0 Å². The molecule has 2 rings (SSSR count). The lowest BCUT2D eigenvalue weighted by Crippen LogP contribution is -2.45. The first kappa shape index (κ1) is 13.9. The molecule has 1 aromatic rings. The van der Waals surface area contributed by atoms with Gasteiger partial charge in [0, 0.05) is 13.1 Å². The Morgan fingerprint density at radius 3 is 2.84 bits per heavy atom. The summed E-state index contributed by atoms with van der Waals surface area (Å²) in [5, 5.41) is 13.1. The number of likely N-dealkylation sites (tertiary alicyclic amines) is 1. The smallest absolute Gasteiger partial charge is 0.308 e. The van der Waals surface area contributed by atoms with Gasteiger partial charge in [-0.15, -0.1) is 5.10 Å². The second kappa shape index (κ2) is 5.64. The first-order valence-corrected chi connectivity index (χ1v) is 7.13. The van der Waals surface area contributed by atoms with E-state index in [1.165, 1.54) is 0 Å². The molecule has 104 valence electrons. The van der Waals surface area contributed by atoms with Crippen LogP contribution in [-0.4, -0.2) is 44.6 Å². The number of nitrogens with zero attached hydrogens (tertiary/aromatic N) is 3. The number of hydrogen-bond donors (Lipinski definition) is 1. The molecular formula is C12H17N3O3S. The lowest BCUT2D eigenvalue weighted by Gasteiger charge is -2.34. The minimum atomic E-state index is -0.831. The van der Waals surface area contributed by atoms with E-state index in [0.29, 0.717) is 30.0 Å². The summed E-state index contributed by atoms with van der Waals surface area (Å²) in [7, 11) is 0. The molecule has 0 bridgehead atoms. The number of hydrogen-bond acceptors (Lipinski definition) is 5. The Labute approximate surface area is 115 Å². The van der Waals surface area contributed by atoms with Crippen molar-refractivity contribution in [1.29, 1.82) is 0 Å². The SMILES string of the molecule is CCc1nnsc1C(=O)N1CC(C)CC(C(=O)O)C1. The Morgan fingerprint density at radius 2 is 2.21 bits per heavy atom. The number of carbonyl (C=O) groups is 2. The first-order chi connectivity index (χ1) is 9.02. The monoisotopic (exact) mass is 283 g/mol. The summed E-state index contributed by atoms with van der Waals surface area (Å²) < 4.78 is 3.81. The number of piperidine rings is 1. The van der Waals surface area contributed by atoms with Crippen molar-refractivity contribution in [3.63, 3.8) is 0 Å². The van der Waals surface area contributed by atoms with Crippen LogP contribution < -0.4 is 0 Å². The molecule has 0 spiro atoms.